The number of unbranched alkanes of at least 4 members (excludes halogenated alkanes) is 3. The minimum absolute atomic E-state index is 0.0522. The Balaban J connectivity index is 1.74. The fourth-order valence-corrected chi connectivity index (χ4v) is 4.34. The van der Waals surface area contributed by atoms with Crippen LogP contribution in [-0.2, 0) is 25.7 Å². The van der Waals surface area contributed by atoms with Gasteiger partial charge in [-0.3, -0.25) is 0 Å². The van der Waals surface area contributed by atoms with Crippen LogP contribution in [0.1, 0.15) is 86.1 Å². The van der Waals surface area contributed by atoms with Gasteiger partial charge in [-0.25, -0.2) is 8.78 Å². The van der Waals surface area contributed by atoms with E-state index in [1.165, 1.54) is 36.0 Å². The van der Waals surface area contributed by atoms with Crippen LogP contribution >= 0.6 is 0 Å². The first-order valence-corrected chi connectivity index (χ1v) is 10.7. The second kappa shape index (κ2) is 9.48. The van der Waals surface area contributed by atoms with E-state index < -0.39 is 0 Å². The van der Waals surface area contributed by atoms with Crippen LogP contribution in [0.5, 0.6) is 0 Å². The zero-order valence-electron chi connectivity index (χ0n) is 16.8. The molecule has 1 aliphatic rings. The molecule has 0 saturated heterocycles. The van der Waals surface area contributed by atoms with E-state index in [0.717, 1.165) is 50.5 Å². The van der Waals surface area contributed by atoms with Crippen LogP contribution in [0.3, 0.4) is 0 Å². The first-order valence-electron chi connectivity index (χ1n) is 10.7. The van der Waals surface area contributed by atoms with Crippen LogP contribution in [0.4, 0.5) is 8.78 Å². The Morgan fingerprint density at radius 1 is 0.815 bits per heavy atom. The Kier molecular flexibility index (Phi) is 7.04. The normalized spacial score (nSPS) is 16.4. The van der Waals surface area contributed by atoms with Crippen LogP contribution in [0.2, 0.25) is 0 Å². The summed E-state index contributed by atoms with van der Waals surface area (Å²) >= 11 is 0. The minimum Gasteiger partial charge on any atom is -0.207 e. The molecular weight excluding hydrogens is 338 g/mol. The molecule has 1 unspecified atom stereocenters. The van der Waals surface area contributed by atoms with E-state index in [-0.39, 0.29) is 17.6 Å². The van der Waals surface area contributed by atoms with E-state index in [2.05, 4.69) is 32.0 Å². The Bertz CT molecular complexity index is 740. The molecule has 0 saturated carbocycles. The number of fused-ring (bicyclic) bond motifs is 1. The third-order valence-electron chi connectivity index (χ3n) is 5.93. The quantitative estimate of drug-likeness (QED) is 0.427. The molecule has 0 amide bonds. The summed E-state index contributed by atoms with van der Waals surface area (Å²) in [6, 6.07) is 9.83. The van der Waals surface area contributed by atoms with Crippen molar-refractivity contribution in [2.45, 2.75) is 84.0 Å². The molecule has 1 aliphatic carbocycles. The smallest absolute Gasteiger partial charge is 0.129 e. The molecule has 146 valence electrons. The molecule has 3 rings (SSSR count). The number of hydrogen-bond donors (Lipinski definition) is 0. The van der Waals surface area contributed by atoms with Crippen LogP contribution in [0.15, 0.2) is 30.3 Å². The minimum atomic E-state index is -0.356. The van der Waals surface area contributed by atoms with Crippen molar-refractivity contribution in [1.29, 1.82) is 0 Å². The van der Waals surface area contributed by atoms with E-state index in [0.29, 0.717) is 5.56 Å². The lowest BCUT2D eigenvalue weighted by Gasteiger charge is -2.26. The summed E-state index contributed by atoms with van der Waals surface area (Å²) in [7, 11) is 0. The first-order chi connectivity index (χ1) is 13.1. The Labute approximate surface area is 163 Å². The molecule has 0 aromatic heterocycles. The third-order valence-corrected chi connectivity index (χ3v) is 5.93. The van der Waals surface area contributed by atoms with Gasteiger partial charge >= 0.3 is 0 Å². The zero-order valence-corrected chi connectivity index (χ0v) is 16.8. The topological polar surface area (TPSA) is 0 Å². The SMILES string of the molecule is CCCCCc1ccc2c(c1)CCC(c1c(F)cc(CCCC)cc1F)C2. The molecule has 2 aromatic carbocycles. The summed E-state index contributed by atoms with van der Waals surface area (Å²) in [4.78, 5) is 0. The van der Waals surface area contributed by atoms with Crippen LogP contribution in [0.25, 0.3) is 0 Å². The summed E-state index contributed by atoms with van der Waals surface area (Å²) in [5.74, 6) is -0.764. The molecule has 0 aliphatic heterocycles. The summed E-state index contributed by atoms with van der Waals surface area (Å²) in [6.45, 7) is 4.32. The van der Waals surface area contributed by atoms with Crippen LogP contribution in [-0.4, -0.2) is 0 Å². The van der Waals surface area contributed by atoms with Gasteiger partial charge in [-0.15, -0.1) is 0 Å². The third kappa shape index (κ3) is 4.97. The zero-order chi connectivity index (χ0) is 19.2. The van der Waals surface area contributed by atoms with Crippen molar-refractivity contribution in [3.8, 4) is 0 Å². The maximum Gasteiger partial charge on any atom is 0.129 e. The van der Waals surface area contributed by atoms with E-state index in [1.807, 2.05) is 0 Å². The fraction of sp³-hybridized carbons (Fsp3) is 0.520. The van der Waals surface area contributed by atoms with E-state index in [4.69, 9.17) is 0 Å². The second-order valence-corrected chi connectivity index (χ2v) is 8.08. The summed E-state index contributed by atoms with van der Waals surface area (Å²) < 4.78 is 29.4. The Morgan fingerprint density at radius 2 is 1.52 bits per heavy atom. The van der Waals surface area contributed by atoms with Gasteiger partial charge in [0.2, 0.25) is 0 Å². The maximum atomic E-state index is 14.7. The predicted molar refractivity (Wildman–Crippen MR) is 109 cm³/mol. The average molecular weight is 371 g/mol. The van der Waals surface area contributed by atoms with Crippen molar-refractivity contribution < 1.29 is 8.78 Å². The molecule has 1 atom stereocenters. The monoisotopic (exact) mass is 370 g/mol. The highest BCUT2D eigenvalue weighted by molar-refractivity contribution is 5.38. The lowest BCUT2D eigenvalue weighted by molar-refractivity contribution is 0.489. The molecule has 0 N–H and O–H groups in total. The highest BCUT2D eigenvalue weighted by Crippen LogP contribution is 2.36. The van der Waals surface area contributed by atoms with Crippen molar-refractivity contribution >= 4 is 0 Å². The van der Waals surface area contributed by atoms with Gasteiger partial charge < -0.3 is 0 Å². The standard InChI is InChI=1S/C25H32F2/c1-3-5-7-9-18-10-11-21-17-22(13-12-20(21)14-18)25-23(26)15-19(8-6-4-2)16-24(25)27/h10-11,14-16,22H,3-9,12-13,17H2,1-2H3. The summed E-state index contributed by atoms with van der Waals surface area (Å²) in [5, 5.41) is 0. The summed E-state index contributed by atoms with van der Waals surface area (Å²) in [6.07, 6.45) is 10.1. The van der Waals surface area contributed by atoms with E-state index >= 15 is 0 Å². The lowest BCUT2D eigenvalue weighted by atomic mass is 9.79. The predicted octanol–water partition coefficient (Wildman–Crippen LogP) is 7.31. The highest BCUT2D eigenvalue weighted by Gasteiger charge is 2.26. The van der Waals surface area contributed by atoms with E-state index in [1.54, 1.807) is 12.1 Å². The number of aryl methyl sites for hydroxylation is 3. The first kappa shape index (κ1) is 20.0. The number of rotatable bonds is 8. The molecule has 0 radical (unpaired) electrons. The summed E-state index contributed by atoms with van der Waals surface area (Å²) in [5.41, 5.74) is 5.12. The molecule has 0 spiro atoms. The second-order valence-electron chi connectivity index (χ2n) is 8.08. The molecule has 2 aromatic rings. The molecule has 0 nitrogen and oxygen atoms in total. The van der Waals surface area contributed by atoms with Crippen molar-refractivity contribution in [2.75, 3.05) is 0 Å². The Morgan fingerprint density at radius 3 is 2.22 bits per heavy atom. The van der Waals surface area contributed by atoms with Gasteiger partial charge in [-0.2, -0.15) is 0 Å². The number of halogens is 2. The average Bonchev–Trinajstić information content (AvgIpc) is 2.66. The fourth-order valence-electron chi connectivity index (χ4n) is 4.34. The number of hydrogen-bond acceptors (Lipinski definition) is 0. The molecule has 0 bridgehead atoms. The van der Waals surface area contributed by atoms with Crippen LogP contribution < -0.4 is 0 Å². The maximum absolute atomic E-state index is 14.7. The molecule has 0 fully saturated rings. The molecular formula is C25H32F2. The molecule has 2 heteroatoms. The van der Waals surface area contributed by atoms with Gasteiger partial charge in [0.25, 0.3) is 0 Å². The van der Waals surface area contributed by atoms with Gasteiger partial charge in [0, 0.05) is 5.56 Å². The largest absolute Gasteiger partial charge is 0.207 e. The number of benzene rings is 2. The van der Waals surface area contributed by atoms with Crippen molar-refractivity contribution in [3.63, 3.8) is 0 Å². The van der Waals surface area contributed by atoms with Crippen molar-refractivity contribution in [3.05, 3.63) is 69.8 Å². The van der Waals surface area contributed by atoms with Gasteiger partial charge in [-0.1, -0.05) is 51.3 Å². The van der Waals surface area contributed by atoms with Gasteiger partial charge in [0.05, 0.1) is 0 Å². The van der Waals surface area contributed by atoms with Gasteiger partial charge in [0.1, 0.15) is 11.6 Å². The van der Waals surface area contributed by atoms with Gasteiger partial charge in [-0.05, 0) is 85.3 Å². The lowest BCUT2D eigenvalue weighted by Crippen LogP contribution is -2.16. The van der Waals surface area contributed by atoms with Crippen LogP contribution in [0, 0.1) is 11.6 Å². The van der Waals surface area contributed by atoms with Gasteiger partial charge in [0.15, 0.2) is 0 Å². The molecule has 0 heterocycles. The van der Waals surface area contributed by atoms with E-state index in [9.17, 15) is 8.78 Å². The van der Waals surface area contributed by atoms with Crippen molar-refractivity contribution in [1.82, 2.24) is 0 Å². The molecule has 27 heavy (non-hydrogen) atoms. The highest BCUT2D eigenvalue weighted by atomic mass is 19.1. The Hall–Kier alpha value is -1.70. The van der Waals surface area contributed by atoms with Crippen molar-refractivity contribution in [2.24, 2.45) is 0 Å².